The van der Waals surface area contributed by atoms with Crippen molar-refractivity contribution in [1.29, 1.82) is 0 Å². The van der Waals surface area contributed by atoms with Crippen LogP contribution in [0.1, 0.15) is 32.8 Å². The molecule has 0 unspecified atom stereocenters. The summed E-state index contributed by atoms with van der Waals surface area (Å²) in [6.07, 6.45) is 3.54. The first-order chi connectivity index (χ1) is 8.91. The molecular formula is C16H23BrN2. The Labute approximate surface area is 124 Å². The smallest absolute Gasteiger partial charge is 0.0380 e. The van der Waals surface area contributed by atoms with Crippen LogP contribution in [-0.2, 0) is 6.54 Å². The Balaban J connectivity index is 2.14. The highest BCUT2D eigenvalue weighted by molar-refractivity contribution is 9.10. The minimum atomic E-state index is 0.302. The van der Waals surface area contributed by atoms with Gasteiger partial charge in [-0.25, -0.2) is 0 Å². The van der Waals surface area contributed by atoms with Gasteiger partial charge in [-0.1, -0.05) is 54.4 Å². The van der Waals surface area contributed by atoms with E-state index >= 15 is 0 Å². The van der Waals surface area contributed by atoms with Crippen LogP contribution in [0.25, 0.3) is 0 Å². The second-order valence-electron chi connectivity index (χ2n) is 6.16. The Hall–Kier alpha value is -0.800. The summed E-state index contributed by atoms with van der Waals surface area (Å²) in [5, 5.41) is 0. The van der Waals surface area contributed by atoms with Gasteiger partial charge in [0.1, 0.15) is 0 Å². The summed E-state index contributed by atoms with van der Waals surface area (Å²) in [4.78, 5) is 2.42. The zero-order chi connectivity index (χ0) is 14.0. The lowest BCUT2D eigenvalue weighted by Crippen LogP contribution is -2.31. The zero-order valence-electron chi connectivity index (χ0n) is 12.0. The molecule has 3 heteroatoms. The second-order valence-corrected chi connectivity index (χ2v) is 7.01. The molecule has 0 aromatic heterocycles. The van der Waals surface area contributed by atoms with E-state index in [1.807, 2.05) is 0 Å². The van der Waals surface area contributed by atoms with Crippen LogP contribution in [0, 0.1) is 5.41 Å². The van der Waals surface area contributed by atoms with Crippen LogP contribution in [0.15, 0.2) is 34.3 Å². The van der Waals surface area contributed by atoms with Crippen molar-refractivity contribution in [3.05, 3.63) is 39.9 Å². The van der Waals surface area contributed by atoms with Crippen molar-refractivity contribution in [2.75, 3.05) is 18.0 Å². The fourth-order valence-corrected chi connectivity index (χ4v) is 3.01. The van der Waals surface area contributed by atoms with Crippen LogP contribution in [0.2, 0.25) is 0 Å². The van der Waals surface area contributed by atoms with Crippen LogP contribution in [0.5, 0.6) is 0 Å². The van der Waals surface area contributed by atoms with E-state index in [2.05, 4.69) is 65.9 Å². The molecule has 0 aliphatic carbocycles. The van der Waals surface area contributed by atoms with E-state index in [4.69, 9.17) is 5.73 Å². The van der Waals surface area contributed by atoms with Crippen molar-refractivity contribution in [3.63, 3.8) is 0 Å². The molecule has 0 atom stereocenters. The predicted molar refractivity (Wildman–Crippen MR) is 86.4 cm³/mol. The van der Waals surface area contributed by atoms with Gasteiger partial charge in [0.15, 0.2) is 0 Å². The van der Waals surface area contributed by atoms with Gasteiger partial charge in [-0.15, -0.1) is 0 Å². The molecular weight excluding hydrogens is 300 g/mol. The Bertz CT molecular complexity index is 486. The molecule has 0 fully saturated rings. The standard InChI is InChI=1S/C16H23BrN2/c1-16(2,3)13-6-8-19(9-7-13)14-5-4-12(11-18)15(17)10-14/h4-6,10H,7-9,11,18H2,1-3H3. The van der Waals surface area contributed by atoms with Crippen molar-refractivity contribution in [3.8, 4) is 0 Å². The zero-order valence-corrected chi connectivity index (χ0v) is 13.6. The van der Waals surface area contributed by atoms with Crippen molar-refractivity contribution < 1.29 is 0 Å². The van der Waals surface area contributed by atoms with Crippen LogP contribution in [-0.4, -0.2) is 13.1 Å². The van der Waals surface area contributed by atoms with E-state index in [0.717, 1.165) is 29.5 Å². The summed E-state index contributed by atoms with van der Waals surface area (Å²) in [6, 6.07) is 6.46. The summed E-state index contributed by atoms with van der Waals surface area (Å²) >= 11 is 3.60. The van der Waals surface area contributed by atoms with Crippen LogP contribution < -0.4 is 10.6 Å². The van der Waals surface area contributed by atoms with Crippen molar-refractivity contribution in [2.45, 2.75) is 33.7 Å². The molecule has 2 N–H and O–H groups in total. The minimum absolute atomic E-state index is 0.302. The van der Waals surface area contributed by atoms with E-state index in [1.165, 1.54) is 5.69 Å². The number of hydrogen-bond acceptors (Lipinski definition) is 2. The van der Waals surface area contributed by atoms with Gasteiger partial charge in [-0.2, -0.15) is 0 Å². The molecule has 2 nitrogen and oxygen atoms in total. The Kier molecular flexibility index (Phi) is 4.36. The van der Waals surface area contributed by atoms with Gasteiger partial charge in [0, 0.05) is 29.8 Å². The van der Waals surface area contributed by atoms with E-state index in [1.54, 1.807) is 5.57 Å². The van der Waals surface area contributed by atoms with Crippen LogP contribution in [0.3, 0.4) is 0 Å². The van der Waals surface area contributed by atoms with Gasteiger partial charge < -0.3 is 10.6 Å². The number of halogens is 1. The van der Waals surface area contributed by atoms with Crippen LogP contribution >= 0.6 is 15.9 Å². The number of nitrogens with zero attached hydrogens (tertiary/aromatic N) is 1. The van der Waals surface area contributed by atoms with E-state index in [9.17, 15) is 0 Å². The number of hydrogen-bond donors (Lipinski definition) is 1. The topological polar surface area (TPSA) is 29.3 Å². The lowest BCUT2D eigenvalue weighted by atomic mass is 9.83. The number of nitrogens with two attached hydrogens (primary N) is 1. The molecule has 0 amide bonds. The van der Waals surface area contributed by atoms with Crippen molar-refractivity contribution in [2.24, 2.45) is 11.1 Å². The van der Waals surface area contributed by atoms with Crippen molar-refractivity contribution in [1.82, 2.24) is 0 Å². The average Bonchev–Trinajstić information content (AvgIpc) is 2.38. The van der Waals surface area contributed by atoms with E-state index in [-0.39, 0.29) is 0 Å². The Morgan fingerprint density at radius 1 is 1.32 bits per heavy atom. The lowest BCUT2D eigenvalue weighted by Gasteiger charge is -2.33. The van der Waals surface area contributed by atoms with Gasteiger partial charge in [-0.05, 0) is 29.5 Å². The molecule has 0 saturated heterocycles. The normalized spacial score (nSPS) is 16.5. The molecule has 1 aromatic rings. The molecule has 1 aromatic carbocycles. The summed E-state index contributed by atoms with van der Waals surface area (Å²) in [5.41, 5.74) is 10.00. The molecule has 1 aliphatic rings. The molecule has 1 aliphatic heterocycles. The minimum Gasteiger partial charge on any atom is -0.367 e. The molecule has 19 heavy (non-hydrogen) atoms. The maximum Gasteiger partial charge on any atom is 0.0380 e. The molecule has 0 spiro atoms. The molecule has 104 valence electrons. The lowest BCUT2D eigenvalue weighted by molar-refractivity contribution is 0.472. The first kappa shape index (κ1) is 14.6. The SMILES string of the molecule is CC(C)(C)C1=CCN(c2ccc(CN)c(Br)c2)CC1. The predicted octanol–water partition coefficient (Wildman–Crippen LogP) is 4.09. The maximum absolute atomic E-state index is 5.69. The Morgan fingerprint density at radius 2 is 2.05 bits per heavy atom. The summed E-state index contributed by atoms with van der Waals surface area (Å²) in [7, 11) is 0. The first-order valence-corrected chi connectivity index (χ1v) is 7.64. The third-order valence-electron chi connectivity index (χ3n) is 3.79. The summed E-state index contributed by atoms with van der Waals surface area (Å²) < 4.78 is 1.11. The summed E-state index contributed by atoms with van der Waals surface area (Å²) in [6.45, 7) is 9.55. The van der Waals surface area contributed by atoms with Crippen LogP contribution in [0.4, 0.5) is 5.69 Å². The van der Waals surface area contributed by atoms with E-state index < -0.39 is 0 Å². The van der Waals surface area contributed by atoms with Gasteiger partial charge >= 0.3 is 0 Å². The fraction of sp³-hybridized carbons (Fsp3) is 0.500. The molecule has 1 heterocycles. The molecule has 0 radical (unpaired) electrons. The first-order valence-electron chi connectivity index (χ1n) is 6.85. The third-order valence-corrected chi connectivity index (χ3v) is 4.53. The summed E-state index contributed by atoms with van der Waals surface area (Å²) in [5.74, 6) is 0. The van der Waals surface area contributed by atoms with Gasteiger partial charge in [0.2, 0.25) is 0 Å². The number of anilines is 1. The second kappa shape index (κ2) is 5.68. The maximum atomic E-state index is 5.69. The molecule has 0 saturated carbocycles. The molecule has 0 bridgehead atoms. The van der Waals surface area contributed by atoms with Gasteiger partial charge in [0.25, 0.3) is 0 Å². The largest absolute Gasteiger partial charge is 0.367 e. The van der Waals surface area contributed by atoms with Gasteiger partial charge in [0.05, 0.1) is 0 Å². The highest BCUT2D eigenvalue weighted by atomic mass is 79.9. The van der Waals surface area contributed by atoms with Crippen molar-refractivity contribution >= 4 is 21.6 Å². The monoisotopic (exact) mass is 322 g/mol. The Morgan fingerprint density at radius 3 is 2.53 bits per heavy atom. The van der Waals surface area contributed by atoms with E-state index in [0.29, 0.717) is 12.0 Å². The fourth-order valence-electron chi connectivity index (χ4n) is 2.48. The highest BCUT2D eigenvalue weighted by Gasteiger charge is 2.21. The quantitative estimate of drug-likeness (QED) is 0.831. The average molecular weight is 323 g/mol. The van der Waals surface area contributed by atoms with Gasteiger partial charge in [-0.3, -0.25) is 0 Å². The highest BCUT2D eigenvalue weighted by Crippen LogP contribution is 2.32. The molecule has 2 rings (SSSR count). The number of rotatable bonds is 2. The third kappa shape index (κ3) is 3.40. The number of benzene rings is 1.